The summed E-state index contributed by atoms with van der Waals surface area (Å²) in [5.74, 6) is -2.29. The molecule has 9 heteroatoms. The minimum atomic E-state index is -2.61. The van der Waals surface area contributed by atoms with Crippen LogP contribution < -0.4 is 10.8 Å². The Morgan fingerprint density at radius 1 is 1.03 bits per heavy atom. The highest BCUT2D eigenvalue weighted by atomic mass is 31.2. The van der Waals surface area contributed by atoms with Crippen LogP contribution in [-0.2, 0) is 9.30 Å². The zero-order valence-electron chi connectivity index (χ0n) is 20.8. The molecule has 3 heterocycles. The zero-order valence-corrected chi connectivity index (χ0v) is 21.7. The van der Waals surface area contributed by atoms with Gasteiger partial charge in [0.1, 0.15) is 18.4 Å². The summed E-state index contributed by atoms with van der Waals surface area (Å²) >= 11 is 0. The molecule has 5 rings (SSSR count). The van der Waals surface area contributed by atoms with Crippen molar-refractivity contribution in [3.63, 3.8) is 0 Å². The number of hydrogen-bond acceptors (Lipinski definition) is 5. The largest absolute Gasteiger partial charge is 0.380 e. The van der Waals surface area contributed by atoms with E-state index in [9.17, 15) is 13.3 Å². The van der Waals surface area contributed by atoms with Gasteiger partial charge in [0.25, 0.3) is 0 Å². The fourth-order valence-electron chi connectivity index (χ4n) is 4.71. The van der Waals surface area contributed by atoms with E-state index in [1.165, 1.54) is 18.2 Å². The number of anilines is 1. The molecule has 1 saturated heterocycles. The lowest BCUT2D eigenvalue weighted by Crippen LogP contribution is -2.23. The van der Waals surface area contributed by atoms with Crippen molar-refractivity contribution in [3.8, 4) is 11.1 Å². The van der Waals surface area contributed by atoms with Gasteiger partial charge in [-0.2, -0.15) is 0 Å². The lowest BCUT2D eigenvalue weighted by molar-refractivity contribution is 0.156. The maximum Gasteiger partial charge on any atom is 0.164 e. The first-order chi connectivity index (χ1) is 17.7. The number of rotatable bonds is 5. The fourth-order valence-corrected chi connectivity index (χ4v) is 6.86. The SMILES string of the molecule is Cc1nc2cc(F)c(-c3ccc(P4(=O)CCOCC4)nc3)cc2c(N[C@H](C)c2cccc(F)c2F)c1C. The summed E-state index contributed by atoms with van der Waals surface area (Å²) in [5, 5.41) is 3.94. The second-order valence-corrected chi connectivity index (χ2v) is 12.5. The van der Waals surface area contributed by atoms with Gasteiger partial charge in [-0.25, -0.2) is 13.2 Å². The highest BCUT2D eigenvalue weighted by Gasteiger charge is 2.29. The third-order valence-corrected chi connectivity index (χ3v) is 9.95. The van der Waals surface area contributed by atoms with Crippen molar-refractivity contribution in [2.45, 2.75) is 26.8 Å². The topological polar surface area (TPSA) is 64.1 Å². The molecule has 37 heavy (non-hydrogen) atoms. The number of pyridine rings is 2. The molecule has 0 saturated carbocycles. The Bertz CT molecular complexity index is 1530. The number of aryl methyl sites for hydroxylation is 1. The average molecular weight is 526 g/mol. The van der Waals surface area contributed by atoms with Crippen molar-refractivity contribution in [1.82, 2.24) is 9.97 Å². The van der Waals surface area contributed by atoms with E-state index in [1.54, 1.807) is 31.3 Å². The van der Waals surface area contributed by atoms with E-state index in [1.807, 2.05) is 13.8 Å². The van der Waals surface area contributed by atoms with Crippen LogP contribution in [0.5, 0.6) is 0 Å². The number of hydrogen-bond donors (Lipinski definition) is 1. The van der Waals surface area contributed by atoms with E-state index < -0.39 is 30.6 Å². The molecule has 0 amide bonds. The second-order valence-electron chi connectivity index (χ2n) is 9.41. The number of nitrogens with one attached hydrogen (secondary N) is 1. The summed E-state index contributed by atoms with van der Waals surface area (Å²) in [6, 6.07) is 10.0. The quantitative estimate of drug-likeness (QED) is 0.301. The van der Waals surface area contributed by atoms with Gasteiger partial charge in [0.05, 0.1) is 24.8 Å². The molecule has 4 aromatic rings. The van der Waals surface area contributed by atoms with Gasteiger partial charge in [-0.1, -0.05) is 18.2 Å². The molecule has 1 fully saturated rings. The van der Waals surface area contributed by atoms with Crippen molar-refractivity contribution >= 4 is 29.2 Å². The van der Waals surface area contributed by atoms with E-state index in [2.05, 4.69) is 15.3 Å². The van der Waals surface area contributed by atoms with Crippen molar-refractivity contribution in [3.05, 3.63) is 82.9 Å². The standard InChI is InChI=1S/C28H27F3N3O2P/c1-16-17(2)33-25-14-24(30)21(19-7-8-26(32-15-19)37(35)11-9-36-10-12-37)13-22(25)28(16)34-18(3)20-5-4-6-23(29)27(20)31/h4-8,13-15,18H,9-12H2,1-3H3,(H,33,34)/t18-/m1/s1. The number of nitrogens with zero attached hydrogens (tertiary/aromatic N) is 2. The maximum atomic E-state index is 15.3. The molecule has 1 atom stereocenters. The number of benzene rings is 2. The monoisotopic (exact) mass is 525 g/mol. The summed E-state index contributed by atoms with van der Waals surface area (Å²) in [4.78, 5) is 8.99. The van der Waals surface area contributed by atoms with Gasteiger partial charge in [0, 0.05) is 58.0 Å². The van der Waals surface area contributed by atoms with E-state index in [0.717, 1.165) is 11.6 Å². The molecule has 0 aliphatic carbocycles. The molecule has 1 N–H and O–H groups in total. The summed E-state index contributed by atoms with van der Waals surface area (Å²) < 4.78 is 62.1. The van der Waals surface area contributed by atoms with Gasteiger partial charge >= 0.3 is 0 Å². The van der Waals surface area contributed by atoms with Gasteiger partial charge in [-0.15, -0.1) is 0 Å². The van der Waals surface area contributed by atoms with Crippen molar-refractivity contribution in [2.24, 2.45) is 0 Å². The predicted molar refractivity (Wildman–Crippen MR) is 141 cm³/mol. The zero-order chi connectivity index (χ0) is 26.3. The van der Waals surface area contributed by atoms with Gasteiger partial charge in [0.15, 0.2) is 11.6 Å². The van der Waals surface area contributed by atoms with Gasteiger partial charge in [-0.05, 0) is 44.5 Å². The highest BCUT2D eigenvalue weighted by molar-refractivity contribution is 7.71. The molecular formula is C28H27F3N3O2P. The normalized spacial score (nSPS) is 16.1. The van der Waals surface area contributed by atoms with E-state index in [-0.39, 0.29) is 5.56 Å². The second kappa shape index (κ2) is 9.92. The van der Waals surface area contributed by atoms with Crippen LogP contribution in [-0.4, -0.2) is 35.5 Å². The number of aromatic nitrogens is 2. The Hall–Kier alpha value is -3.22. The van der Waals surface area contributed by atoms with Crippen LogP contribution in [0.4, 0.5) is 18.9 Å². The first kappa shape index (κ1) is 25.4. The number of fused-ring (bicyclic) bond motifs is 1. The van der Waals surface area contributed by atoms with Crippen LogP contribution in [0, 0.1) is 31.3 Å². The van der Waals surface area contributed by atoms with Crippen LogP contribution in [0.15, 0.2) is 48.7 Å². The summed E-state index contributed by atoms with van der Waals surface area (Å²) in [6.07, 6.45) is 2.45. The van der Waals surface area contributed by atoms with Crippen LogP contribution in [0.25, 0.3) is 22.0 Å². The fraction of sp³-hybridized carbons (Fsp3) is 0.286. The van der Waals surface area contributed by atoms with Gasteiger partial charge in [-0.3, -0.25) is 9.97 Å². The summed E-state index contributed by atoms with van der Waals surface area (Å²) in [5.41, 5.74) is 4.19. The number of halogens is 3. The molecular weight excluding hydrogens is 498 g/mol. The third-order valence-electron chi connectivity index (χ3n) is 7.04. The first-order valence-corrected chi connectivity index (χ1v) is 14.2. The minimum Gasteiger partial charge on any atom is -0.380 e. The molecule has 0 bridgehead atoms. The minimum absolute atomic E-state index is 0.187. The molecule has 2 aromatic heterocycles. The lowest BCUT2D eigenvalue weighted by Gasteiger charge is -2.22. The van der Waals surface area contributed by atoms with Gasteiger partial charge < -0.3 is 14.6 Å². The van der Waals surface area contributed by atoms with Crippen LogP contribution in [0.3, 0.4) is 0 Å². The first-order valence-electron chi connectivity index (χ1n) is 12.1. The maximum absolute atomic E-state index is 15.3. The molecule has 1 aliphatic heterocycles. The Labute approximate surface area is 213 Å². The molecule has 0 spiro atoms. The third kappa shape index (κ3) is 4.76. The summed E-state index contributed by atoms with van der Waals surface area (Å²) in [7, 11) is -2.61. The Morgan fingerprint density at radius 3 is 2.49 bits per heavy atom. The molecule has 192 valence electrons. The van der Waals surface area contributed by atoms with Crippen LogP contribution >= 0.6 is 7.14 Å². The van der Waals surface area contributed by atoms with E-state index in [4.69, 9.17) is 4.74 Å². The Kier molecular flexibility index (Phi) is 6.82. The molecule has 5 nitrogen and oxygen atoms in total. The molecule has 2 aromatic carbocycles. The van der Waals surface area contributed by atoms with Crippen LogP contribution in [0.1, 0.15) is 29.8 Å². The Morgan fingerprint density at radius 2 is 1.78 bits per heavy atom. The van der Waals surface area contributed by atoms with E-state index >= 15 is 4.39 Å². The van der Waals surface area contributed by atoms with Crippen molar-refractivity contribution < 1.29 is 22.5 Å². The van der Waals surface area contributed by atoms with E-state index in [0.29, 0.717) is 64.4 Å². The predicted octanol–water partition coefficient (Wildman–Crippen LogP) is 6.52. The Balaban J connectivity index is 1.56. The summed E-state index contributed by atoms with van der Waals surface area (Å²) in [6.45, 7) is 6.33. The highest BCUT2D eigenvalue weighted by Crippen LogP contribution is 2.45. The smallest absolute Gasteiger partial charge is 0.164 e. The molecule has 0 unspecified atom stereocenters. The molecule has 0 radical (unpaired) electrons. The average Bonchev–Trinajstić information content (AvgIpc) is 2.88. The van der Waals surface area contributed by atoms with Gasteiger partial charge in [0.2, 0.25) is 0 Å². The molecule has 1 aliphatic rings. The van der Waals surface area contributed by atoms with Crippen molar-refractivity contribution in [2.75, 3.05) is 30.9 Å². The lowest BCUT2D eigenvalue weighted by atomic mass is 9.99. The van der Waals surface area contributed by atoms with Crippen molar-refractivity contribution in [1.29, 1.82) is 0 Å². The number of ether oxygens (including phenoxy) is 1. The van der Waals surface area contributed by atoms with Crippen LogP contribution in [0.2, 0.25) is 0 Å².